The van der Waals surface area contributed by atoms with Gasteiger partial charge in [-0.15, -0.1) is 11.8 Å². The average molecular weight is 633 g/mol. The van der Waals surface area contributed by atoms with Gasteiger partial charge in [0, 0.05) is 5.56 Å². The number of halogens is 1. The van der Waals surface area contributed by atoms with E-state index in [1.807, 2.05) is 84.9 Å². The standard InChI is InChI=1S/C36H41ClO4SSi/c1-24(2)43(25(3)4,26(5)6)41-30-19-17-28(18-20-30)34(39)35(29-15-11-8-12-16-29)42-36-31(38)21-22-32(33(36)37)40-23-27-13-9-7-10-14-27/h7-22,24-26,35,38H,23H2,1-6H3. The van der Waals surface area contributed by atoms with Gasteiger partial charge in [-0.1, -0.05) is 114 Å². The summed E-state index contributed by atoms with van der Waals surface area (Å²) in [6.07, 6.45) is 0. The molecule has 4 aromatic carbocycles. The van der Waals surface area contributed by atoms with Crippen molar-refractivity contribution in [1.82, 2.24) is 0 Å². The summed E-state index contributed by atoms with van der Waals surface area (Å²) in [5, 5.41) is 10.5. The number of carbonyl (C=O) groups is 1. The van der Waals surface area contributed by atoms with Gasteiger partial charge >= 0.3 is 0 Å². The Kier molecular flexibility index (Phi) is 11.0. The molecule has 1 atom stereocenters. The summed E-state index contributed by atoms with van der Waals surface area (Å²) < 4.78 is 12.8. The number of phenols is 1. The minimum absolute atomic E-state index is 0.00288. The van der Waals surface area contributed by atoms with Crippen molar-refractivity contribution in [2.45, 2.75) is 74.9 Å². The minimum Gasteiger partial charge on any atom is -0.543 e. The number of thioether (sulfide) groups is 1. The van der Waals surface area contributed by atoms with Gasteiger partial charge in [-0.05, 0) is 64.1 Å². The van der Waals surface area contributed by atoms with Crippen LogP contribution in [0.4, 0.5) is 0 Å². The van der Waals surface area contributed by atoms with E-state index in [9.17, 15) is 9.90 Å². The molecule has 0 saturated heterocycles. The summed E-state index contributed by atoms with van der Waals surface area (Å²) in [7, 11) is -2.13. The van der Waals surface area contributed by atoms with Crippen molar-refractivity contribution in [2.24, 2.45) is 0 Å². The maximum absolute atomic E-state index is 14.1. The Morgan fingerprint density at radius 1 is 0.791 bits per heavy atom. The Labute approximate surface area is 266 Å². The minimum atomic E-state index is -2.13. The molecule has 43 heavy (non-hydrogen) atoms. The Bertz CT molecular complexity index is 1470. The maximum Gasteiger partial charge on any atom is 0.258 e. The topological polar surface area (TPSA) is 55.8 Å². The van der Waals surface area contributed by atoms with Crippen molar-refractivity contribution in [3.8, 4) is 17.2 Å². The lowest BCUT2D eigenvalue weighted by Crippen LogP contribution is -2.50. The fourth-order valence-corrected chi connectivity index (χ4v) is 12.7. The van der Waals surface area contributed by atoms with Crippen molar-refractivity contribution in [2.75, 3.05) is 0 Å². The number of ketones is 1. The van der Waals surface area contributed by atoms with Crippen LogP contribution in [0.3, 0.4) is 0 Å². The number of ether oxygens (including phenoxy) is 1. The van der Waals surface area contributed by atoms with Crippen LogP contribution in [0.2, 0.25) is 21.6 Å². The number of carbonyl (C=O) groups excluding carboxylic acids is 1. The van der Waals surface area contributed by atoms with Crippen molar-refractivity contribution < 1.29 is 19.1 Å². The van der Waals surface area contributed by atoms with Gasteiger partial charge in [0.2, 0.25) is 0 Å². The van der Waals surface area contributed by atoms with Gasteiger partial charge in [-0.3, -0.25) is 4.79 Å². The van der Waals surface area contributed by atoms with E-state index in [1.54, 1.807) is 12.1 Å². The summed E-state index contributed by atoms with van der Waals surface area (Å²) in [6.45, 7) is 13.9. The monoisotopic (exact) mass is 632 g/mol. The van der Waals surface area contributed by atoms with Gasteiger partial charge < -0.3 is 14.3 Å². The summed E-state index contributed by atoms with van der Waals surface area (Å²) in [5.74, 6) is 1.15. The number of rotatable bonds is 13. The zero-order valence-corrected chi connectivity index (χ0v) is 28.3. The zero-order chi connectivity index (χ0) is 31.1. The Balaban J connectivity index is 1.62. The van der Waals surface area contributed by atoms with Crippen molar-refractivity contribution in [3.05, 3.63) is 119 Å². The number of hydrogen-bond donors (Lipinski definition) is 1. The lowest BCUT2D eigenvalue weighted by atomic mass is 10.0. The largest absolute Gasteiger partial charge is 0.543 e. The molecule has 0 heterocycles. The SMILES string of the molecule is CC(C)[Si](Oc1ccc(C(=O)C(Sc2c(O)ccc(OCc3ccccc3)c2Cl)c2ccccc2)cc1)(C(C)C)C(C)C. The molecule has 4 aromatic rings. The quantitative estimate of drug-likeness (QED) is 0.0902. The molecule has 1 N–H and O–H groups in total. The van der Waals surface area contributed by atoms with Crippen LogP contribution in [-0.4, -0.2) is 19.2 Å². The molecule has 4 nitrogen and oxygen atoms in total. The highest BCUT2D eigenvalue weighted by atomic mass is 35.5. The number of phenolic OH excluding ortho intramolecular Hbond substituents is 1. The van der Waals surface area contributed by atoms with Crippen molar-refractivity contribution >= 4 is 37.5 Å². The van der Waals surface area contributed by atoms with Gasteiger partial charge in [0.25, 0.3) is 8.32 Å². The normalized spacial score (nSPS) is 12.5. The summed E-state index contributed by atoms with van der Waals surface area (Å²) in [5.41, 5.74) is 3.70. The van der Waals surface area contributed by atoms with Gasteiger partial charge in [0.05, 0.1) is 15.2 Å². The predicted octanol–water partition coefficient (Wildman–Crippen LogP) is 10.9. The Hall–Kier alpha value is -3.19. The first-order valence-electron chi connectivity index (χ1n) is 14.8. The zero-order valence-electron chi connectivity index (χ0n) is 25.7. The molecule has 0 aromatic heterocycles. The second kappa shape index (κ2) is 14.5. The van der Waals surface area contributed by atoms with Crippen molar-refractivity contribution in [1.29, 1.82) is 0 Å². The van der Waals surface area contributed by atoms with E-state index >= 15 is 0 Å². The molecule has 0 radical (unpaired) electrons. The molecule has 0 aliphatic heterocycles. The molecule has 4 rings (SSSR count). The average Bonchev–Trinajstić information content (AvgIpc) is 3.00. The van der Waals surface area contributed by atoms with Crippen LogP contribution in [-0.2, 0) is 6.61 Å². The first-order chi connectivity index (χ1) is 20.5. The highest BCUT2D eigenvalue weighted by molar-refractivity contribution is 8.00. The summed E-state index contributed by atoms with van der Waals surface area (Å²) >= 11 is 8.02. The van der Waals surface area contributed by atoms with Crippen LogP contribution in [0.25, 0.3) is 0 Å². The van der Waals surface area contributed by atoms with E-state index < -0.39 is 13.6 Å². The molecular weight excluding hydrogens is 592 g/mol. The molecule has 7 heteroatoms. The van der Waals surface area contributed by atoms with Crippen LogP contribution >= 0.6 is 23.4 Å². The molecular formula is C36H41ClO4SSi. The van der Waals surface area contributed by atoms with E-state index in [0.717, 1.165) is 16.9 Å². The fraction of sp³-hybridized carbons (Fsp3) is 0.306. The van der Waals surface area contributed by atoms with Gasteiger partial charge in [-0.2, -0.15) is 0 Å². The van der Waals surface area contributed by atoms with Gasteiger partial charge in [0.15, 0.2) is 5.78 Å². The number of Topliss-reactive ketones (excluding diaryl/α,β-unsaturated/α-hetero) is 1. The highest BCUT2D eigenvalue weighted by Gasteiger charge is 2.47. The molecule has 0 aliphatic carbocycles. The third-order valence-corrected chi connectivity index (χ3v) is 15.9. The number of benzene rings is 4. The smallest absolute Gasteiger partial charge is 0.258 e. The van der Waals surface area contributed by atoms with E-state index in [2.05, 4.69) is 41.5 Å². The summed E-state index contributed by atoms with van der Waals surface area (Å²) in [4.78, 5) is 14.5. The third-order valence-electron chi connectivity index (χ3n) is 7.99. The first-order valence-corrected chi connectivity index (χ1v) is 18.2. The first kappa shape index (κ1) is 32.7. The number of hydrogen-bond acceptors (Lipinski definition) is 5. The van der Waals surface area contributed by atoms with Crippen LogP contribution in [0.15, 0.2) is 102 Å². The molecule has 1 unspecified atom stereocenters. The Morgan fingerprint density at radius 2 is 1.35 bits per heavy atom. The van der Waals surface area contributed by atoms with E-state index in [4.69, 9.17) is 20.8 Å². The molecule has 226 valence electrons. The third kappa shape index (κ3) is 7.49. The van der Waals surface area contributed by atoms with E-state index in [0.29, 0.717) is 39.4 Å². The molecule has 0 spiro atoms. The van der Waals surface area contributed by atoms with Gasteiger partial charge in [0.1, 0.15) is 23.9 Å². The summed E-state index contributed by atoms with van der Waals surface area (Å²) in [6, 6.07) is 30.1. The molecule has 0 amide bonds. The lowest BCUT2D eigenvalue weighted by molar-refractivity contribution is 0.0989. The molecule has 0 aliphatic rings. The highest BCUT2D eigenvalue weighted by Crippen LogP contribution is 2.48. The van der Waals surface area contributed by atoms with Crippen LogP contribution < -0.4 is 9.16 Å². The second-order valence-electron chi connectivity index (χ2n) is 11.7. The van der Waals surface area contributed by atoms with E-state index in [-0.39, 0.29) is 16.6 Å². The molecule has 0 bridgehead atoms. The van der Waals surface area contributed by atoms with Crippen molar-refractivity contribution in [3.63, 3.8) is 0 Å². The van der Waals surface area contributed by atoms with E-state index in [1.165, 1.54) is 11.8 Å². The van der Waals surface area contributed by atoms with Crippen LogP contribution in [0.5, 0.6) is 17.2 Å². The molecule has 0 fully saturated rings. The van der Waals surface area contributed by atoms with Crippen LogP contribution in [0, 0.1) is 0 Å². The van der Waals surface area contributed by atoms with Gasteiger partial charge in [-0.25, -0.2) is 0 Å². The van der Waals surface area contributed by atoms with Crippen LogP contribution in [0.1, 0.15) is 68.3 Å². The predicted molar refractivity (Wildman–Crippen MR) is 181 cm³/mol. The Morgan fingerprint density at radius 3 is 1.91 bits per heavy atom. The molecule has 0 saturated carbocycles. The fourth-order valence-electron chi connectivity index (χ4n) is 5.90. The lowest BCUT2D eigenvalue weighted by Gasteiger charge is -2.42. The maximum atomic E-state index is 14.1. The second-order valence-corrected chi connectivity index (χ2v) is 18.6. The number of aromatic hydroxyl groups is 1.